The van der Waals surface area contributed by atoms with Gasteiger partial charge in [-0.15, -0.1) is 0 Å². The number of rotatable bonds is 5. The minimum absolute atomic E-state index is 0.0355. The zero-order valence-corrected chi connectivity index (χ0v) is 13.3. The molecule has 0 aromatic heterocycles. The first-order valence-electron chi connectivity index (χ1n) is 7.93. The molecular weight excluding hydrogens is 297 g/mol. The van der Waals surface area contributed by atoms with E-state index in [1.54, 1.807) is 6.92 Å². The van der Waals surface area contributed by atoms with Crippen LogP contribution in [-0.4, -0.2) is 17.5 Å². The molecule has 2 rings (SSSR count). The molecule has 2 amide bonds. The van der Waals surface area contributed by atoms with Crippen molar-refractivity contribution in [2.45, 2.75) is 45.4 Å². The third-order valence-electron chi connectivity index (χ3n) is 3.88. The number of carbonyl (C=O) groups is 2. The average Bonchev–Trinajstić information content (AvgIpc) is 2.55. The van der Waals surface area contributed by atoms with E-state index in [1.165, 1.54) is 30.7 Å². The van der Waals surface area contributed by atoms with Crippen LogP contribution in [0.3, 0.4) is 0 Å². The molecule has 23 heavy (non-hydrogen) atoms. The topological polar surface area (TPSA) is 70.6 Å². The van der Waals surface area contributed by atoms with Gasteiger partial charge in [0.15, 0.2) is 0 Å². The van der Waals surface area contributed by atoms with E-state index in [-0.39, 0.29) is 30.0 Å². The molecule has 0 unspecified atom stereocenters. The molecule has 5 nitrogen and oxygen atoms in total. The van der Waals surface area contributed by atoms with Crippen LogP contribution in [0.4, 0.5) is 10.1 Å². The molecular formula is C17H22FN3O2. The van der Waals surface area contributed by atoms with Crippen molar-refractivity contribution in [3.63, 3.8) is 0 Å². The molecule has 0 radical (unpaired) electrons. The molecule has 6 heteroatoms. The second-order valence-electron chi connectivity index (χ2n) is 5.89. The summed E-state index contributed by atoms with van der Waals surface area (Å²) in [5.74, 6) is -0.646. The van der Waals surface area contributed by atoms with E-state index in [1.807, 2.05) is 0 Å². The number of hydrogen-bond donors (Lipinski definition) is 2. The van der Waals surface area contributed by atoms with Gasteiger partial charge in [-0.3, -0.25) is 9.59 Å². The van der Waals surface area contributed by atoms with Crippen LogP contribution in [0.25, 0.3) is 0 Å². The quantitative estimate of drug-likeness (QED) is 0.646. The summed E-state index contributed by atoms with van der Waals surface area (Å²) in [4.78, 5) is 23.8. The van der Waals surface area contributed by atoms with Gasteiger partial charge in [-0.05, 0) is 44.0 Å². The van der Waals surface area contributed by atoms with E-state index in [0.29, 0.717) is 11.4 Å². The maximum Gasteiger partial charge on any atom is 0.243 e. The zero-order valence-electron chi connectivity index (χ0n) is 13.3. The summed E-state index contributed by atoms with van der Waals surface area (Å²) in [5, 5.41) is 6.64. The highest BCUT2D eigenvalue weighted by Crippen LogP contribution is 2.23. The summed E-state index contributed by atoms with van der Waals surface area (Å²) in [7, 11) is 0. The molecule has 1 aromatic carbocycles. The zero-order chi connectivity index (χ0) is 16.7. The smallest absolute Gasteiger partial charge is 0.243 e. The maximum atomic E-state index is 12.8. The molecule has 1 fully saturated rings. The SMILES string of the molecule is C/C(CC(=O)Nc1ccc(F)cc1)=N/NC(=O)C1CCCCC1. The highest BCUT2D eigenvalue weighted by atomic mass is 19.1. The summed E-state index contributed by atoms with van der Waals surface area (Å²) in [6, 6.07) is 5.54. The van der Waals surface area contributed by atoms with Crippen molar-refractivity contribution in [3.05, 3.63) is 30.1 Å². The van der Waals surface area contributed by atoms with Crippen molar-refractivity contribution in [1.29, 1.82) is 0 Å². The maximum absolute atomic E-state index is 12.8. The number of carbonyl (C=O) groups excluding carboxylic acids is 2. The number of nitrogens with one attached hydrogen (secondary N) is 2. The second-order valence-corrected chi connectivity index (χ2v) is 5.89. The summed E-state index contributed by atoms with van der Waals surface area (Å²) in [6.45, 7) is 1.69. The molecule has 0 saturated heterocycles. The van der Waals surface area contributed by atoms with Gasteiger partial charge >= 0.3 is 0 Å². The molecule has 0 aliphatic heterocycles. The molecule has 124 valence electrons. The van der Waals surface area contributed by atoms with E-state index in [2.05, 4.69) is 15.8 Å². The Morgan fingerprint density at radius 2 is 1.83 bits per heavy atom. The largest absolute Gasteiger partial charge is 0.326 e. The van der Waals surface area contributed by atoms with Crippen LogP contribution in [-0.2, 0) is 9.59 Å². The molecule has 1 aromatic rings. The number of benzene rings is 1. The normalized spacial score (nSPS) is 16.0. The van der Waals surface area contributed by atoms with Gasteiger partial charge in [-0.2, -0.15) is 5.10 Å². The fourth-order valence-corrected chi connectivity index (χ4v) is 2.62. The minimum Gasteiger partial charge on any atom is -0.326 e. The molecule has 0 atom stereocenters. The third kappa shape index (κ3) is 5.81. The van der Waals surface area contributed by atoms with Crippen LogP contribution in [0.15, 0.2) is 29.4 Å². The van der Waals surface area contributed by atoms with Gasteiger partial charge in [-0.25, -0.2) is 9.82 Å². The standard InChI is InChI=1S/C17H22FN3O2/c1-12(20-21-17(23)13-5-3-2-4-6-13)11-16(22)19-15-9-7-14(18)8-10-15/h7-10,13H,2-6,11H2,1H3,(H,19,22)(H,21,23)/b20-12-. The number of amides is 2. The van der Waals surface area contributed by atoms with Crippen LogP contribution in [0.1, 0.15) is 45.4 Å². The lowest BCUT2D eigenvalue weighted by Crippen LogP contribution is -2.29. The van der Waals surface area contributed by atoms with Gasteiger partial charge in [-0.1, -0.05) is 19.3 Å². The predicted molar refractivity (Wildman–Crippen MR) is 87.5 cm³/mol. The monoisotopic (exact) mass is 319 g/mol. The highest BCUT2D eigenvalue weighted by molar-refractivity contribution is 6.05. The van der Waals surface area contributed by atoms with E-state index in [4.69, 9.17) is 0 Å². The number of nitrogens with zero attached hydrogens (tertiary/aromatic N) is 1. The molecule has 0 spiro atoms. The van der Waals surface area contributed by atoms with Crippen molar-refractivity contribution < 1.29 is 14.0 Å². The number of halogens is 1. The van der Waals surface area contributed by atoms with Crippen molar-refractivity contribution in [3.8, 4) is 0 Å². The highest BCUT2D eigenvalue weighted by Gasteiger charge is 2.20. The Kier molecular flexibility index (Phi) is 6.26. The summed E-state index contributed by atoms with van der Waals surface area (Å²) < 4.78 is 12.8. The Labute approximate surface area is 135 Å². The molecule has 0 heterocycles. The van der Waals surface area contributed by atoms with E-state index < -0.39 is 0 Å². The Morgan fingerprint density at radius 1 is 1.17 bits per heavy atom. The van der Waals surface area contributed by atoms with Gasteiger partial charge < -0.3 is 5.32 Å². The van der Waals surface area contributed by atoms with Gasteiger partial charge in [0, 0.05) is 17.3 Å². The first kappa shape index (κ1) is 17.1. The van der Waals surface area contributed by atoms with Gasteiger partial charge in [0.25, 0.3) is 0 Å². The second kappa shape index (κ2) is 8.41. The van der Waals surface area contributed by atoms with Crippen LogP contribution < -0.4 is 10.7 Å². The van der Waals surface area contributed by atoms with Crippen LogP contribution >= 0.6 is 0 Å². The lowest BCUT2D eigenvalue weighted by Gasteiger charge is -2.19. The Hall–Kier alpha value is -2.24. The third-order valence-corrected chi connectivity index (χ3v) is 3.88. The van der Waals surface area contributed by atoms with E-state index >= 15 is 0 Å². The molecule has 1 aliphatic rings. The Bertz CT molecular complexity index is 578. The number of hydrogen-bond acceptors (Lipinski definition) is 3. The lowest BCUT2D eigenvalue weighted by atomic mass is 9.89. The average molecular weight is 319 g/mol. The number of anilines is 1. The number of hydrazone groups is 1. The van der Waals surface area contributed by atoms with Crippen molar-refractivity contribution in [2.75, 3.05) is 5.32 Å². The van der Waals surface area contributed by atoms with E-state index in [0.717, 1.165) is 25.7 Å². The Balaban J connectivity index is 1.78. The molecule has 1 saturated carbocycles. The molecule has 0 bridgehead atoms. The van der Waals surface area contributed by atoms with Crippen LogP contribution in [0.5, 0.6) is 0 Å². The van der Waals surface area contributed by atoms with Gasteiger partial charge in [0.1, 0.15) is 5.82 Å². The summed E-state index contributed by atoms with van der Waals surface area (Å²) >= 11 is 0. The Morgan fingerprint density at radius 3 is 2.48 bits per heavy atom. The van der Waals surface area contributed by atoms with Crippen molar-refractivity contribution >= 4 is 23.2 Å². The first-order valence-corrected chi connectivity index (χ1v) is 7.93. The fraction of sp³-hybridized carbons (Fsp3) is 0.471. The fourth-order valence-electron chi connectivity index (χ4n) is 2.62. The van der Waals surface area contributed by atoms with Crippen LogP contribution in [0, 0.1) is 11.7 Å². The van der Waals surface area contributed by atoms with Crippen molar-refractivity contribution in [2.24, 2.45) is 11.0 Å². The van der Waals surface area contributed by atoms with Gasteiger partial charge in [0.2, 0.25) is 11.8 Å². The first-order chi connectivity index (χ1) is 11.0. The minimum atomic E-state index is -0.355. The predicted octanol–water partition coefficient (Wildman–Crippen LogP) is 3.23. The van der Waals surface area contributed by atoms with Gasteiger partial charge in [0.05, 0.1) is 6.42 Å². The van der Waals surface area contributed by atoms with Crippen LogP contribution in [0.2, 0.25) is 0 Å². The lowest BCUT2D eigenvalue weighted by molar-refractivity contribution is -0.126. The molecule has 1 aliphatic carbocycles. The summed E-state index contributed by atoms with van der Waals surface area (Å²) in [5.41, 5.74) is 3.59. The molecule has 2 N–H and O–H groups in total. The van der Waals surface area contributed by atoms with E-state index in [9.17, 15) is 14.0 Å². The van der Waals surface area contributed by atoms with Crippen molar-refractivity contribution in [1.82, 2.24) is 5.43 Å². The summed E-state index contributed by atoms with van der Waals surface area (Å²) in [6.07, 6.45) is 5.25.